The molecular weight excluding hydrogens is 687 g/mol. The highest BCUT2D eigenvalue weighted by Crippen LogP contribution is 2.42. The predicted octanol–water partition coefficient (Wildman–Crippen LogP) is 13.9. The van der Waals surface area contributed by atoms with Crippen LogP contribution in [0.2, 0.25) is 0 Å². The third-order valence-corrected chi connectivity index (χ3v) is 11.4. The molecule has 7 aromatic carbocycles. The maximum Gasteiger partial charge on any atom is 0.160 e. The van der Waals surface area contributed by atoms with Crippen LogP contribution in [0.5, 0.6) is 0 Å². The van der Waals surface area contributed by atoms with E-state index in [1.807, 2.05) is 41.9 Å². The van der Waals surface area contributed by atoms with Crippen LogP contribution in [0.15, 0.2) is 200 Å². The summed E-state index contributed by atoms with van der Waals surface area (Å²) in [7, 11) is 0. The van der Waals surface area contributed by atoms with Crippen molar-refractivity contribution in [2.75, 3.05) is 0 Å². The summed E-state index contributed by atoms with van der Waals surface area (Å²) in [5.41, 5.74) is 13.9. The molecule has 0 spiro atoms. The molecule has 0 fully saturated rings. The summed E-state index contributed by atoms with van der Waals surface area (Å²) >= 11 is 1.86. The number of thiophene rings is 1. The quantitative estimate of drug-likeness (QED) is 0.165. The molecule has 0 aliphatic carbocycles. The SMILES string of the molecule is c1ccc(-c2cc(-c3ccncc3)cc(-c3cc(-c4cc(-c5ccccc5)cc(-c5cccc6c5sc5ccccc56)c4)nc(-c4ccccc4)n3)c2)cc1. The lowest BCUT2D eigenvalue weighted by Gasteiger charge is -2.15. The zero-order chi connectivity index (χ0) is 36.6. The molecule has 0 atom stereocenters. The van der Waals surface area contributed by atoms with Crippen molar-refractivity contribution >= 4 is 31.5 Å². The minimum absolute atomic E-state index is 0.682. The number of pyridine rings is 1. The minimum Gasteiger partial charge on any atom is -0.265 e. The highest BCUT2D eigenvalue weighted by molar-refractivity contribution is 7.26. The van der Waals surface area contributed by atoms with Crippen LogP contribution in [0.3, 0.4) is 0 Å². The number of aromatic nitrogens is 3. The van der Waals surface area contributed by atoms with Gasteiger partial charge in [0.25, 0.3) is 0 Å². The summed E-state index contributed by atoms with van der Waals surface area (Å²) in [6.07, 6.45) is 3.69. The van der Waals surface area contributed by atoms with Crippen LogP contribution >= 0.6 is 11.3 Å². The molecule has 10 aromatic rings. The van der Waals surface area contributed by atoms with Crippen LogP contribution in [0.25, 0.3) is 98.6 Å². The van der Waals surface area contributed by atoms with Gasteiger partial charge >= 0.3 is 0 Å². The molecule has 0 amide bonds. The lowest BCUT2D eigenvalue weighted by molar-refractivity contribution is 1.18. The van der Waals surface area contributed by atoms with Gasteiger partial charge in [-0.25, -0.2) is 9.97 Å². The van der Waals surface area contributed by atoms with E-state index in [0.717, 1.165) is 67.0 Å². The predicted molar refractivity (Wildman–Crippen MR) is 231 cm³/mol. The van der Waals surface area contributed by atoms with E-state index in [1.165, 1.54) is 25.7 Å². The lowest BCUT2D eigenvalue weighted by Crippen LogP contribution is -1.97. The van der Waals surface area contributed by atoms with E-state index < -0.39 is 0 Å². The largest absolute Gasteiger partial charge is 0.265 e. The van der Waals surface area contributed by atoms with Crippen molar-refractivity contribution in [2.45, 2.75) is 0 Å². The van der Waals surface area contributed by atoms with E-state index >= 15 is 0 Å². The fourth-order valence-electron chi connectivity index (χ4n) is 7.45. The number of nitrogens with zero attached hydrogens (tertiary/aromatic N) is 3. The van der Waals surface area contributed by atoms with Gasteiger partial charge in [0, 0.05) is 49.3 Å². The van der Waals surface area contributed by atoms with Crippen LogP contribution in [-0.2, 0) is 0 Å². The summed E-state index contributed by atoms with van der Waals surface area (Å²) < 4.78 is 2.58. The molecular formula is C51H33N3S. The summed E-state index contributed by atoms with van der Waals surface area (Å²) in [4.78, 5) is 14.9. The Balaban J connectivity index is 1.21. The molecule has 0 saturated carbocycles. The van der Waals surface area contributed by atoms with E-state index in [-0.39, 0.29) is 0 Å². The maximum absolute atomic E-state index is 5.31. The maximum atomic E-state index is 5.31. The highest BCUT2D eigenvalue weighted by Gasteiger charge is 2.17. The van der Waals surface area contributed by atoms with Gasteiger partial charge in [0.1, 0.15) is 0 Å². The van der Waals surface area contributed by atoms with Crippen molar-refractivity contribution in [2.24, 2.45) is 0 Å². The van der Waals surface area contributed by atoms with Gasteiger partial charge in [-0.1, -0.05) is 127 Å². The van der Waals surface area contributed by atoms with Gasteiger partial charge < -0.3 is 0 Å². The second kappa shape index (κ2) is 14.1. The van der Waals surface area contributed by atoms with Gasteiger partial charge in [-0.3, -0.25) is 4.98 Å². The average molecular weight is 720 g/mol. The number of hydrogen-bond donors (Lipinski definition) is 0. The van der Waals surface area contributed by atoms with E-state index in [1.54, 1.807) is 0 Å². The number of rotatable bonds is 7. The monoisotopic (exact) mass is 719 g/mol. The Bertz CT molecular complexity index is 2900. The molecule has 0 bridgehead atoms. The van der Waals surface area contributed by atoms with Gasteiger partial charge in [0.15, 0.2) is 5.82 Å². The normalized spacial score (nSPS) is 11.3. The summed E-state index contributed by atoms with van der Waals surface area (Å²) in [6, 6.07) is 66.7. The molecule has 0 N–H and O–H groups in total. The van der Waals surface area contributed by atoms with Gasteiger partial charge in [-0.2, -0.15) is 0 Å². The molecule has 4 heteroatoms. The molecule has 258 valence electrons. The first-order valence-electron chi connectivity index (χ1n) is 18.4. The molecule has 0 unspecified atom stereocenters. The number of benzene rings is 7. The van der Waals surface area contributed by atoms with E-state index in [0.29, 0.717) is 5.82 Å². The Morgan fingerprint density at radius 2 is 0.800 bits per heavy atom. The molecule has 0 radical (unpaired) electrons. The van der Waals surface area contributed by atoms with Gasteiger partial charge in [-0.15, -0.1) is 11.3 Å². The van der Waals surface area contributed by atoms with Gasteiger partial charge in [0.2, 0.25) is 0 Å². The third-order valence-electron chi connectivity index (χ3n) is 10.2. The summed E-state index contributed by atoms with van der Waals surface area (Å²) in [5.74, 6) is 0.682. The van der Waals surface area contributed by atoms with Crippen LogP contribution in [0.1, 0.15) is 0 Å². The van der Waals surface area contributed by atoms with Crippen molar-refractivity contribution in [3.05, 3.63) is 200 Å². The topological polar surface area (TPSA) is 38.7 Å². The molecule has 3 nitrogen and oxygen atoms in total. The smallest absolute Gasteiger partial charge is 0.160 e. The molecule has 55 heavy (non-hydrogen) atoms. The first kappa shape index (κ1) is 32.6. The van der Waals surface area contributed by atoms with Crippen LogP contribution in [0.4, 0.5) is 0 Å². The summed E-state index contributed by atoms with van der Waals surface area (Å²) in [5, 5.41) is 2.57. The zero-order valence-electron chi connectivity index (χ0n) is 29.8. The highest BCUT2D eigenvalue weighted by atomic mass is 32.1. The van der Waals surface area contributed by atoms with Crippen LogP contribution in [0, 0.1) is 0 Å². The molecule has 0 aliphatic rings. The second-order valence-corrected chi connectivity index (χ2v) is 14.7. The first-order chi connectivity index (χ1) is 27.2. The van der Waals surface area contributed by atoms with Crippen molar-refractivity contribution in [1.82, 2.24) is 15.0 Å². The Morgan fingerprint density at radius 1 is 0.327 bits per heavy atom. The van der Waals surface area contributed by atoms with Crippen LogP contribution < -0.4 is 0 Å². The Morgan fingerprint density at radius 3 is 1.42 bits per heavy atom. The molecule has 0 aliphatic heterocycles. The fourth-order valence-corrected chi connectivity index (χ4v) is 8.68. The Labute approximate surface area is 323 Å². The lowest BCUT2D eigenvalue weighted by atomic mass is 9.93. The van der Waals surface area contributed by atoms with E-state index in [9.17, 15) is 0 Å². The fraction of sp³-hybridized carbons (Fsp3) is 0. The van der Waals surface area contributed by atoms with Crippen molar-refractivity contribution in [3.8, 4) is 78.4 Å². The number of hydrogen-bond acceptors (Lipinski definition) is 4. The standard InChI is InChI=1S/C51H33N3S/c1-4-13-34(14-5-1)38-27-39(36-23-25-52-26-24-36)30-42(29-38)47-33-48(54-51(53-47)37-17-8-3-9-18-37)43-31-40(35-15-6-2-7-16-35)28-41(32-43)44-20-12-21-46-45-19-10-11-22-49(45)55-50(44)46/h1-33H. The van der Waals surface area contributed by atoms with Gasteiger partial charge in [-0.05, 0) is 105 Å². The molecule has 0 saturated heterocycles. The summed E-state index contributed by atoms with van der Waals surface area (Å²) in [6.45, 7) is 0. The first-order valence-corrected chi connectivity index (χ1v) is 19.2. The number of fused-ring (bicyclic) bond motifs is 3. The van der Waals surface area contributed by atoms with Crippen molar-refractivity contribution in [3.63, 3.8) is 0 Å². The van der Waals surface area contributed by atoms with Crippen LogP contribution in [-0.4, -0.2) is 15.0 Å². The van der Waals surface area contributed by atoms with E-state index in [4.69, 9.17) is 9.97 Å². The van der Waals surface area contributed by atoms with Crippen molar-refractivity contribution < 1.29 is 0 Å². The minimum atomic E-state index is 0.682. The molecule has 3 aromatic heterocycles. The Hall–Kier alpha value is -7.01. The Kier molecular flexibility index (Phi) is 8.36. The van der Waals surface area contributed by atoms with E-state index in [2.05, 4.69) is 175 Å². The second-order valence-electron chi connectivity index (χ2n) is 13.7. The molecule has 10 rings (SSSR count). The average Bonchev–Trinajstić information content (AvgIpc) is 3.66. The van der Waals surface area contributed by atoms with Gasteiger partial charge in [0.05, 0.1) is 11.4 Å². The molecule has 3 heterocycles. The third kappa shape index (κ3) is 6.39. The zero-order valence-corrected chi connectivity index (χ0v) is 30.6. The van der Waals surface area contributed by atoms with Crippen molar-refractivity contribution in [1.29, 1.82) is 0 Å².